The maximum Gasteiger partial charge on any atom is 0.223 e. The number of aromatic nitrogens is 1. The zero-order chi connectivity index (χ0) is 20.5. The van der Waals surface area contributed by atoms with Crippen LogP contribution in [-0.4, -0.2) is 34.7 Å². The van der Waals surface area contributed by atoms with E-state index in [1.54, 1.807) is 11.3 Å². The summed E-state index contributed by atoms with van der Waals surface area (Å²) < 4.78 is 1.20. The Kier molecular flexibility index (Phi) is 5.38. The van der Waals surface area contributed by atoms with Crippen molar-refractivity contribution in [3.05, 3.63) is 64.2 Å². The number of fused-ring (bicyclic) bond motifs is 2. The molecule has 0 radical (unpaired) electrons. The minimum atomic E-state index is 0.0813. The van der Waals surface area contributed by atoms with Gasteiger partial charge in [0.05, 0.1) is 15.2 Å². The van der Waals surface area contributed by atoms with Crippen LogP contribution in [0.3, 0.4) is 0 Å². The van der Waals surface area contributed by atoms with Gasteiger partial charge in [-0.15, -0.1) is 11.3 Å². The number of para-hydroxylation sites is 1. The van der Waals surface area contributed by atoms with Crippen molar-refractivity contribution in [2.45, 2.75) is 50.9 Å². The van der Waals surface area contributed by atoms with Crippen molar-refractivity contribution in [2.75, 3.05) is 13.1 Å². The van der Waals surface area contributed by atoms with Gasteiger partial charge < -0.3 is 4.90 Å². The first-order valence-electron chi connectivity index (χ1n) is 11.0. The van der Waals surface area contributed by atoms with Gasteiger partial charge in [-0.1, -0.05) is 24.3 Å². The maximum absolute atomic E-state index is 12.8. The number of hydrogen-bond acceptors (Lipinski definition) is 4. The molecule has 1 aliphatic heterocycles. The number of piperidine rings is 1. The maximum atomic E-state index is 12.8. The van der Waals surface area contributed by atoms with Crippen LogP contribution in [0, 0.1) is 0 Å². The molecular weight excluding hydrogens is 392 g/mol. The molecule has 0 N–H and O–H groups in total. The summed E-state index contributed by atoms with van der Waals surface area (Å²) in [5, 5.41) is 1.13. The van der Waals surface area contributed by atoms with Crippen molar-refractivity contribution in [1.29, 1.82) is 0 Å². The lowest BCUT2D eigenvalue weighted by molar-refractivity contribution is -0.132. The van der Waals surface area contributed by atoms with Crippen molar-refractivity contribution in [1.82, 2.24) is 9.88 Å². The predicted molar refractivity (Wildman–Crippen MR) is 120 cm³/mol. The molecule has 2 aromatic carbocycles. The van der Waals surface area contributed by atoms with Crippen LogP contribution in [-0.2, 0) is 17.6 Å². The molecule has 2 heterocycles. The van der Waals surface area contributed by atoms with Crippen LogP contribution in [0.4, 0.5) is 0 Å². The van der Waals surface area contributed by atoms with E-state index in [0.29, 0.717) is 25.3 Å². The fraction of sp³-hybridized carbons (Fsp3) is 0.400. The zero-order valence-corrected chi connectivity index (χ0v) is 17.9. The number of hydrogen-bond donors (Lipinski definition) is 0. The van der Waals surface area contributed by atoms with Gasteiger partial charge >= 0.3 is 0 Å². The molecule has 5 rings (SSSR count). The van der Waals surface area contributed by atoms with Gasteiger partial charge in [-0.2, -0.15) is 0 Å². The first-order chi connectivity index (χ1) is 14.7. The smallest absolute Gasteiger partial charge is 0.223 e. The number of aryl methyl sites for hydroxylation is 2. The van der Waals surface area contributed by atoms with Crippen LogP contribution in [0.25, 0.3) is 10.2 Å². The lowest BCUT2D eigenvalue weighted by Gasteiger charge is -2.32. The molecule has 5 heteroatoms. The number of ketones is 1. The van der Waals surface area contributed by atoms with Gasteiger partial charge in [-0.05, 0) is 61.4 Å². The highest BCUT2D eigenvalue weighted by Crippen LogP contribution is 2.33. The topological polar surface area (TPSA) is 50.3 Å². The van der Waals surface area contributed by atoms with Gasteiger partial charge in [0.25, 0.3) is 0 Å². The van der Waals surface area contributed by atoms with E-state index in [0.717, 1.165) is 48.3 Å². The average molecular weight is 419 g/mol. The van der Waals surface area contributed by atoms with E-state index in [9.17, 15) is 9.59 Å². The second kappa shape index (κ2) is 8.31. The number of amides is 1. The second-order valence-corrected chi connectivity index (χ2v) is 9.52. The molecule has 1 amide bonds. The Bertz CT molecular complexity index is 1070. The minimum absolute atomic E-state index is 0.0813. The molecule has 154 valence electrons. The first-order valence-corrected chi connectivity index (χ1v) is 11.8. The molecule has 2 aliphatic rings. The summed E-state index contributed by atoms with van der Waals surface area (Å²) in [4.78, 5) is 32.2. The van der Waals surface area contributed by atoms with Crippen molar-refractivity contribution >= 4 is 33.2 Å². The summed E-state index contributed by atoms with van der Waals surface area (Å²) in [6, 6.07) is 14.3. The highest BCUT2D eigenvalue weighted by atomic mass is 32.1. The molecule has 1 atom stereocenters. The van der Waals surface area contributed by atoms with Crippen LogP contribution in [0.5, 0.6) is 0 Å². The molecule has 0 bridgehead atoms. The third-order valence-corrected chi connectivity index (χ3v) is 7.62. The highest BCUT2D eigenvalue weighted by molar-refractivity contribution is 7.18. The van der Waals surface area contributed by atoms with Crippen LogP contribution >= 0.6 is 11.3 Å². The zero-order valence-electron chi connectivity index (χ0n) is 17.1. The summed E-state index contributed by atoms with van der Waals surface area (Å²) in [6.07, 6.45) is 6.00. The number of likely N-dealkylation sites (tertiary alicyclic amines) is 1. The molecule has 0 unspecified atom stereocenters. The van der Waals surface area contributed by atoms with Crippen LogP contribution in [0.15, 0.2) is 42.5 Å². The number of carbonyl (C=O) groups excluding carboxylic acids is 2. The Labute approximate surface area is 180 Å². The normalized spacial score (nSPS) is 18.5. The van der Waals surface area contributed by atoms with Gasteiger partial charge in [-0.3, -0.25) is 9.59 Å². The fourth-order valence-electron chi connectivity index (χ4n) is 4.74. The number of benzene rings is 2. The monoisotopic (exact) mass is 418 g/mol. The minimum Gasteiger partial charge on any atom is -0.342 e. The molecule has 0 saturated carbocycles. The first kappa shape index (κ1) is 19.4. The van der Waals surface area contributed by atoms with E-state index in [4.69, 9.17) is 4.98 Å². The van der Waals surface area contributed by atoms with Gasteiger partial charge in [-0.25, -0.2) is 4.98 Å². The average Bonchev–Trinajstić information content (AvgIpc) is 3.43. The fourth-order valence-corrected chi connectivity index (χ4v) is 5.83. The number of nitrogens with zero attached hydrogens (tertiary/aromatic N) is 2. The molecule has 4 nitrogen and oxygen atoms in total. The molecule has 1 fully saturated rings. The van der Waals surface area contributed by atoms with Crippen LogP contribution < -0.4 is 0 Å². The summed E-state index contributed by atoms with van der Waals surface area (Å²) in [5.74, 6) is 0.473. The van der Waals surface area contributed by atoms with Gasteiger partial charge in [0.2, 0.25) is 5.91 Å². The molecule has 3 aromatic rings. The number of carbonyl (C=O) groups is 2. The van der Waals surface area contributed by atoms with E-state index >= 15 is 0 Å². The third kappa shape index (κ3) is 3.91. The Morgan fingerprint density at radius 3 is 2.80 bits per heavy atom. The summed E-state index contributed by atoms with van der Waals surface area (Å²) in [6.45, 7) is 1.50. The standard InChI is InChI=1S/C25H26N2O2S/c28-22(19-11-10-17-5-3-6-18(17)15-19)12-13-24(29)27-14-4-7-20(16-27)25-26-21-8-1-2-9-23(21)30-25/h1-2,8-11,15,20H,3-7,12-14,16H2/t20-/m0/s1. The molecular formula is C25H26N2O2S. The Balaban J connectivity index is 1.20. The van der Waals surface area contributed by atoms with Crippen molar-refractivity contribution in [3.8, 4) is 0 Å². The Morgan fingerprint density at radius 2 is 1.90 bits per heavy atom. The third-order valence-electron chi connectivity index (χ3n) is 6.42. The molecule has 30 heavy (non-hydrogen) atoms. The number of rotatable bonds is 5. The Hall–Kier alpha value is -2.53. The quantitative estimate of drug-likeness (QED) is 0.538. The number of Topliss-reactive ketones (excluding diaryl/α,β-unsaturated/α-hetero) is 1. The lowest BCUT2D eigenvalue weighted by Crippen LogP contribution is -2.39. The molecule has 1 aromatic heterocycles. The molecule has 0 spiro atoms. The van der Waals surface area contributed by atoms with E-state index in [-0.39, 0.29) is 11.7 Å². The summed E-state index contributed by atoms with van der Waals surface area (Å²) in [5.41, 5.74) is 4.48. The van der Waals surface area contributed by atoms with Gasteiger partial charge in [0.15, 0.2) is 5.78 Å². The predicted octanol–water partition coefficient (Wildman–Crippen LogP) is 5.15. The second-order valence-electron chi connectivity index (χ2n) is 8.46. The van der Waals surface area contributed by atoms with Crippen molar-refractivity contribution < 1.29 is 9.59 Å². The van der Waals surface area contributed by atoms with E-state index < -0.39 is 0 Å². The van der Waals surface area contributed by atoms with E-state index in [2.05, 4.69) is 12.1 Å². The van der Waals surface area contributed by atoms with Gasteiger partial charge in [0.1, 0.15) is 0 Å². The summed E-state index contributed by atoms with van der Waals surface area (Å²) >= 11 is 1.74. The SMILES string of the molecule is O=C(CCC(=O)N1CCC[C@H](c2nc3ccccc3s2)C1)c1ccc2c(c1)CCC2. The summed E-state index contributed by atoms with van der Waals surface area (Å²) in [7, 11) is 0. The number of thiazole rings is 1. The van der Waals surface area contributed by atoms with Crippen LogP contribution in [0.2, 0.25) is 0 Å². The highest BCUT2D eigenvalue weighted by Gasteiger charge is 2.27. The van der Waals surface area contributed by atoms with E-state index in [1.165, 1.54) is 22.2 Å². The van der Waals surface area contributed by atoms with Crippen LogP contribution in [0.1, 0.15) is 64.5 Å². The van der Waals surface area contributed by atoms with Gasteiger partial charge in [0, 0.05) is 37.4 Å². The lowest BCUT2D eigenvalue weighted by atomic mass is 9.97. The van der Waals surface area contributed by atoms with Crippen molar-refractivity contribution in [2.24, 2.45) is 0 Å². The molecule has 1 aliphatic carbocycles. The largest absolute Gasteiger partial charge is 0.342 e. The van der Waals surface area contributed by atoms with E-state index in [1.807, 2.05) is 35.2 Å². The molecule has 1 saturated heterocycles. The van der Waals surface area contributed by atoms with Crippen molar-refractivity contribution in [3.63, 3.8) is 0 Å². The Morgan fingerprint density at radius 1 is 1.03 bits per heavy atom.